The number of nitrogens with zero attached hydrogens (tertiary/aromatic N) is 2. The number of anilines is 1. The van der Waals surface area contributed by atoms with Gasteiger partial charge in [-0.15, -0.1) is 0 Å². The Kier molecular flexibility index (Phi) is 4.88. The molecule has 0 spiro atoms. The Bertz CT molecular complexity index is 973. The van der Waals surface area contributed by atoms with Gasteiger partial charge in [-0.1, -0.05) is 12.1 Å². The molecule has 0 bridgehead atoms. The molecule has 136 valence electrons. The van der Waals surface area contributed by atoms with E-state index in [1.165, 1.54) is 12.1 Å². The predicted octanol–water partition coefficient (Wildman–Crippen LogP) is 6.03. The smallest absolute Gasteiger partial charge is 0.363 e. The van der Waals surface area contributed by atoms with Crippen LogP contribution in [0.3, 0.4) is 0 Å². The zero-order valence-corrected chi connectivity index (χ0v) is 15.4. The minimum Gasteiger partial charge on any atom is -0.363 e. The fourth-order valence-corrected chi connectivity index (χ4v) is 2.97. The van der Waals surface area contributed by atoms with E-state index in [1.54, 1.807) is 26.0 Å². The van der Waals surface area contributed by atoms with Crippen molar-refractivity contribution in [2.24, 2.45) is 0 Å². The molecule has 1 N–H and O–H groups in total. The van der Waals surface area contributed by atoms with Crippen molar-refractivity contribution in [3.05, 3.63) is 63.6 Å². The molecule has 2 aromatic carbocycles. The lowest BCUT2D eigenvalue weighted by molar-refractivity contribution is -0.137. The van der Waals surface area contributed by atoms with E-state index < -0.39 is 23.6 Å². The summed E-state index contributed by atoms with van der Waals surface area (Å²) in [4.78, 5) is 8.53. The highest BCUT2D eigenvalue weighted by Crippen LogP contribution is 2.32. The van der Waals surface area contributed by atoms with Gasteiger partial charge in [-0.25, -0.2) is 14.4 Å². The lowest BCUT2D eigenvalue weighted by Crippen LogP contribution is -2.12. The van der Waals surface area contributed by atoms with Crippen LogP contribution in [-0.2, 0) is 6.18 Å². The Morgan fingerprint density at radius 2 is 1.85 bits per heavy atom. The Morgan fingerprint density at radius 1 is 1.12 bits per heavy atom. The van der Waals surface area contributed by atoms with E-state index in [0.717, 1.165) is 12.1 Å². The summed E-state index contributed by atoms with van der Waals surface area (Å²) in [5, 5.41) is 3.68. The molecule has 0 unspecified atom stereocenters. The van der Waals surface area contributed by atoms with Crippen molar-refractivity contribution < 1.29 is 17.6 Å². The van der Waals surface area contributed by atoms with Crippen molar-refractivity contribution in [1.29, 1.82) is 0 Å². The number of halogens is 5. The molecule has 3 aromatic rings. The molecule has 1 atom stereocenters. The third-order valence-electron chi connectivity index (χ3n) is 3.92. The monoisotopic (exact) mass is 427 g/mol. The van der Waals surface area contributed by atoms with Crippen LogP contribution >= 0.6 is 15.9 Å². The molecule has 0 radical (unpaired) electrons. The molecule has 26 heavy (non-hydrogen) atoms. The molecule has 1 heterocycles. The van der Waals surface area contributed by atoms with Crippen molar-refractivity contribution in [2.45, 2.75) is 26.1 Å². The van der Waals surface area contributed by atoms with Crippen molar-refractivity contribution >= 4 is 32.7 Å². The first kappa shape index (κ1) is 18.6. The van der Waals surface area contributed by atoms with Gasteiger partial charge in [-0.3, -0.25) is 0 Å². The zero-order valence-electron chi connectivity index (χ0n) is 13.8. The van der Waals surface area contributed by atoms with Gasteiger partial charge in [0.05, 0.1) is 15.6 Å². The maximum Gasteiger partial charge on any atom is 0.416 e. The number of aromatic nitrogens is 2. The van der Waals surface area contributed by atoms with E-state index in [4.69, 9.17) is 0 Å². The van der Waals surface area contributed by atoms with Gasteiger partial charge in [0.25, 0.3) is 0 Å². The first-order chi connectivity index (χ1) is 12.1. The van der Waals surface area contributed by atoms with Crippen LogP contribution in [0.1, 0.15) is 29.9 Å². The van der Waals surface area contributed by atoms with Gasteiger partial charge in [0, 0.05) is 17.5 Å². The summed E-state index contributed by atoms with van der Waals surface area (Å²) in [6.45, 7) is 3.40. The van der Waals surface area contributed by atoms with E-state index in [1.807, 2.05) is 0 Å². The van der Waals surface area contributed by atoms with Crippen molar-refractivity contribution in [1.82, 2.24) is 9.97 Å². The Balaban J connectivity index is 2.00. The van der Waals surface area contributed by atoms with Gasteiger partial charge < -0.3 is 5.32 Å². The Morgan fingerprint density at radius 3 is 2.54 bits per heavy atom. The normalized spacial score (nSPS) is 13.0. The topological polar surface area (TPSA) is 37.8 Å². The van der Waals surface area contributed by atoms with Crippen LogP contribution in [-0.4, -0.2) is 9.97 Å². The number of alkyl halides is 3. The molecule has 1 aromatic heterocycles. The largest absolute Gasteiger partial charge is 0.416 e. The van der Waals surface area contributed by atoms with E-state index >= 15 is 0 Å². The standard InChI is InChI=1S/C18H14BrF4N3/c1-9(11-4-3-5-12(6-11)18(21,22)23)24-17-13-7-14(19)15(20)8-16(13)25-10(2)26-17/h3-9H,1-2H3,(H,24,25,26)/t9-/m1/s1. The Labute approximate surface area is 155 Å². The van der Waals surface area contributed by atoms with Gasteiger partial charge >= 0.3 is 6.18 Å². The lowest BCUT2D eigenvalue weighted by atomic mass is 10.0. The predicted molar refractivity (Wildman–Crippen MR) is 95.4 cm³/mol. The summed E-state index contributed by atoms with van der Waals surface area (Å²) in [6, 6.07) is 7.49. The highest BCUT2D eigenvalue weighted by atomic mass is 79.9. The Hall–Kier alpha value is -2.22. The highest BCUT2D eigenvalue weighted by Gasteiger charge is 2.30. The third-order valence-corrected chi connectivity index (χ3v) is 4.52. The zero-order chi connectivity index (χ0) is 19.1. The second-order valence-electron chi connectivity index (χ2n) is 5.89. The number of rotatable bonds is 3. The van der Waals surface area contributed by atoms with Crippen LogP contribution in [0.15, 0.2) is 40.9 Å². The van der Waals surface area contributed by atoms with Crippen LogP contribution in [0.5, 0.6) is 0 Å². The van der Waals surface area contributed by atoms with Crippen molar-refractivity contribution in [2.75, 3.05) is 5.32 Å². The first-order valence-corrected chi connectivity index (χ1v) is 8.51. The number of hydrogen-bond donors (Lipinski definition) is 1. The minimum absolute atomic E-state index is 0.257. The fraction of sp³-hybridized carbons (Fsp3) is 0.222. The second kappa shape index (κ2) is 6.83. The highest BCUT2D eigenvalue weighted by molar-refractivity contribution is 9.10. The van der Waals surface area contributed by atoms with E-state index in [0.29, 0.717) is 28.1 Å². The van der Waals surface area contributed by atoms with E-state index in [2.05, 4.69) is 31.2 Å². The molecular weight excluding hydrogens is 414 g/mol. The van der Waals surface area contributed by atoms with E-state index in [9.17, 15) is 17.6 Å². The average Bonchev–Trinajstić information content (AvgIpc) is 2.56. The molecule has 0 aliphatic heterocycles. The van der Waals surface area contributed by atoms with Gasteiger partial charge in [0.2, 0.25) is 0 Å². The molecule has 0 amide bonds. The van der Waals surface area contributed by atoms with Crippen LogP contribution < -0.4 is 5.32 Å². The number of fused-ring (bicyclic) bond motifs is 1. The van der Waals surface area contributed by atoms with Crippen LogP contribution in [0.25, 0.3) is 10.9 Å². The van der Waals surface area contributed by atoms with E-state index in [-0.39, 0.29) is 4.47 Å². The van der Waals surface area contributed by atoms with Gasteiger partial charge in [0.1, 0.15) is 17.5 Å². The summed E-state index contributed by atoms with van der Waals surface area (Å²) in [5.74, 6) is 0.406. The summed E-state index contributed by atoms with van der Waals surface area (Å²) in [7, 11) is 0. The molecule has 3 rings (SSSR count). The van der Waals surface area contributed by atoms with Gasteiger partial charge in [-0.2, -0.15) is 13.2 Å². The number of benzene rings is 2. The fourth-order valence-electron chi connectivity index (χ4n) is 2.62. The van der Waals surface area contributed by atoms with Crippen molar-refractivity contribution in [3.63, 3.8) is 0 Å². The van der Waals surface area contributed by atoms with Crippen molar-refractivity contribution in [3.8, 4) is 0 Å². The number of hydrogen-bond acceptors (Lipinski definition) is 3. The second-order valence-corrected chi connectivity index (χ2v) is 6.75. The molecule has 3 nitrogen and oxygen atoms in total. The molecule has 0 aliphatic rings. The minimum atomic E-state index is -4.41. The molecule has 0 saturated carbocycles. The lowest BCUT2D eigenvalue weighted by Gasteiger charge is -2.18. The first-order valence-electron chi connectivity index (χ1n) is 7.72. The van der Waals surface area contributed by atoms with Crippen LogP contribution in [0.4, 0.5) is 23.4 Å². The third kappa shape index (κ3) is 3.80. The molecular formula is C18H14BrF4N3. The number of nitrogens with one attached hydrogen (secondary N) is 1. The molecule has 8 heteroatoms. The SMILES string of the molecule is Cc1nc(N[C@H](C)c2cccc(C(F)(F)F)c2)c2cc(Br)c(F)cc2n1. The molecule has 0 aliphatic carbocycles. The molecule has 0 fully saturated rings. The summed E-state index contributed by atoms with van der Waals surface area (Å²) in [5.41, 5.74) is 0.166. The van der Waals surface area contributed by atoms with Crippen LogP contribution in [0.2, 0.25) is 0 Å². The molecule has 0 saturated heterocycles. The number of aryl methyl sites for hydroxylation is 1. The summed E-state index contributed by atoms with van der Waals surface area (Å²) in [6.07, 6.45) is -4.41. The quantitative estimate of drug-likeness (QED) is 0.518. The van der Waals surface area contributed by atoms with Gasteiger partial charge in [0.15, 0.2) is 0 Å². The maximum absolute atomic E-state index is 13.8. The van der Waals surface area contributed by atoms with Gasteiger partial charge in [-0.05, 0) is 53.5 Å². The average molecular weight is 428 g/mol. The maximum atomic E-state index is 13.8. The van der Waals surface area contributed by atoms with Crippen LogP contribution in [0, 0.1) is 12.7 Å². The summed E-state index contributed by atoms with van der Waals surface area (Å²) < 4.78 is 52.8. The summed E-state index contributed by atoms with van der Waals surface area (Å²) >= 11 is 3.13.